The Balaban J connectivity index is 1.81. The first-order valence-electron chi connectivity index (χ1n) is 7.97. The van der Waals surface area contributed by atoms with Gasteiger partial charge >= 0.3 is 0 Å². The molecule has 2 N–H and O–H groups in total. The van der Waals surface area contributed by atoms with E-state index in [1.807, 2.05) is 13.0 Å². The highest BCUT2D eigenvalue weighted by molar-refractivity contribution is 5.81. The zero-order chi connectivity index (χ0) is 18.0. The lowest BCUT2D eigenvalue weighted by Crippen LogP contribution is -2.35. The molecule has 0 saturated carbocycles. The molecule has 0 spiro atoms. The Morgan fingerprint density at radius 1 is 1.28 bits per heavy atom. The molecular formula is C17H19N5O3. The SMILES string of the molecule is CCn1c(NNC(=O)Cc2c(C)noc2C)nc2ccccc2c1=O. The summed E-state index contributed by atoms with van der Waals surface area (Å²) in [5.41, 5.74) is 7.17. The molecule has 8 nitrogen and oxygen atoms in total. The summed E-state index contributed by atoms with van der Waals surface area (Å²) in [6.45, 7) is 5.81. The number of anilines is 1. The van der Waals surface area contributed by atoms with Crippen molar-refractivity contribution in [3.8, 4) is 0 Å². The maximum absolute atomic E-state index is 12.5. The van der Waals surface area contributed by atoms with Gasteiger partial charge in [0.25, 0.3) is 5.56 Å². The third kappa shape index (κ3) is 3.23. The van der Waals surface area contributed by atoms with Gasteiger partial charge in [0, 0.05) is 12.1 Å². The van der Waals surface area contributed by atoms with E-state index in [0.717, 1.165) is 5.56 Å². The van der Waals surface area contributed by atoms with E-state index >= 15 is 0 Å². The van der Waals surface area contributed by atoms with Gasteiger partial charge in [0.05, 0.1) is 23.0 Å². The van der Waals surface area contributed by atoms with Gasteiger partial charge in [-0.05, 0) is 32.9 Å². The summed E-state index contributed by atoms with van der Waals surface area (Å²) in [5.74, 6) is 0.625. The van der Waals surface area contributed by atoms with E-state index in [0.29, 0.717) is 34.9 Å². The first-order valence-corrected chi connectivity index (χ1v) is 7.97. The van der Waals surface area contributed by atoms with Crippen LogP contribution >= 0.6 is 0 Å². The van der Waals surface area contributed by atoms with Crippen molar-refractivity contribution >= 4 is 22.8 Å². The van der Waals surface area contributed by atoms with Crippen LogP contribution in [0, 0.1) is 13.8 Å². The summed E-state index contributed by atoms with van der Waals surface area (Å²) in [6, 6.07) is 7.10. The molecule has 130 valence electrons. The van der Waals surface area contributed by atoms with Crippen molar-refractivity contribution in [1.82, 2.24) is 20.1 Å². The van der Waals surface area contributed by atoms with Crippen molar-refractivity contribution in [3.63, 3.8) is 0 Å². The predicted octanol–water partition coefficient (Wildman–Crippen LogP) is 1.71. The molecule has 3 rings (SSSR count). The van der Waals surface area contributed by atoms with E-state index in [2.05, 4.69) is 21.0 Å². The van der Waals surface area contributed by atoms with Crippen molar-refractivity contribution < 1.29 is 9.32 Å². The molecule has 0 atom stereocenters. The van der Waals surface area contributed by atoms with Crippen LogP contribution in [-0.2, 0) is 17.8 Å². The number of carbonyl (C=O) groups excluding carboxylic acids is 1. The number of aromatic nitrogens is 3. The average molecular weight is 341 g/mol. The van der Waals surface area contributed by atoms with Crippen LogP contribution in [0.4, 0.5) is 5.95 Å². The number of rotatable bonds is 5. The number of aryl methyl sites for hydroxylation is 2. The van der Waals surface area contributed by atoms with E-state index < -0.39 is 0 Å². The minimum absolute atomic E-state index is 0.123. The van der Waals surface area contributed by atoms with Gasteiger partial charge in [-0.3, -0.25) is 25.0 Å². The number of fused-ring (bicyclic) bond motifs is 1. The van der Waals surface area contributed by atoms with Crippen molar-refractivity contribution in [2.45, 2.75) is 33.7 Å². The monoisotopic (exact) mass is 341 g/mol. The number of carbonyl (C=O) groups is 1. The van der Waals surface area contributed by atoms with Crippen LogP contribution in [0.2, 0.25) is 0 Å². The number of benzene rings is 1. The zero-order valence-electron chi connectivity index (χ0n) is 14.3. The average Bonchev–Trinajstić information content (AvgIpc) is 2.92. The number of para-hydroxylation sites is 1. The molecular weight excluding hydrogens is 322 g/mol. The summed E-state index contributed by atoms with van der Waals surface area (Å²) in [4.78, 5) is 29.1. The Morgan fingerprint density at radius 3 is 2.72 bits per heavy atom. The molecule has 0 bridgehead atoms. The quantitative estimate of drug-likeness (QED) is 0.685. The number of hydrazine groups is 1. The summed E-state index contributed by atoms with van der Waals surface area (Å²) >= 11 is 0. The summed E-state index contributed by atoms with van der Waals surface area (Å²) in [7, 11) is 0. The molecule has 0 aliphatic rings. The maximum atomic E-state index is 12.5. The molecule has 0 saturated heterocycles. The highest BCUT2D eigenvalue weighted by atomic mass is 16.5. The normalized spacial score (nSPS) is 10.8. The van der Waals surface area contributed by atoms with Gasteiger partial charge in [-0.25, -0.2) is 4.98 Å². The molecule has 25 heavy (non-hydrogen) atoms. The highest BCUT2D eigenvalue weighted by Gasteiger charge is 2.14. The molecule has 0 aliphatic heterocycles. The Hall–Kier alpha value is -3.16. The molecule has 1 aromatic carbocycles. The number of nitrogens with one attached hydrogen (secondary N) is 2. The molecule has 0 aliphatic carbocycles. The standard InChI is InChI=1S/C17H19N5O3/c1-4-22-16(24)12-7-5-6-8-14(12)18-17(22)20-19-15(23)9-13-10(2)21-25-11(13)3/h5-8H,4,9H2,1-3H3,(H,18,20)(H,19,23). The second-order valence-electron chi connectivity index (χ2n) is 5.65. The van der Waals surface area contributed by atoms with Gasteiger partial charge in [0.1, 0.15) is 5.76 Å². The summed E-state index contributed by atoms with van der Waals surface area (Å²) < 4.78 is 6.52. The molecule has 8 heteroatoms. The first kappa shape index (κ1) is 16.7. The summed E-state index contributed by atoms with van der Waals surface area (Å²) in [6.07, 6.45) is 0.123. The van der Waals surface area contributed by atoms with Crippen LogP contribution in [0.3, 0.4) is 0 Å². The molecule has 2 heterocycles. The van der Waals surface area contributed by atoms with Gasteiger partial charge in [-0.2, -0.15) is 0 Å². The molecule has 3 aromatic rings. The maximum Gasteiger partial charge on any atom is 0.262 e. The first-order chi connectivity index (χ1) is 12.0. The number of nitrogens with zero attached hydrogens (tertiary/aromatic N) is 3. The molecule has 1 amide bonds. The lowest BCUT2D eigenvalue weighted by Gasteiger charge is -2.14. The third-order valence-corrected chi connectivity index (χ3v) is 4.01. The van der Waals surface area contributed by atoms with Gasteiger partial charge in [0.15, 0.2) is 0 Å². The van der Waals surface area contributed by atoms with Gasteiger partial charge in [0.2, 0.25) is 11.9 Å². The lowest BCUT2D eigenvalue weighted by atomic mass is 10.1. The highest BCUT2D eigenvalue weighted by Crippen LogP contribution is 2.13. The Bertz CT molecular complexity index is 970. The van der Waals surface area contributed by atoms with Crippen molar-refractivity contribution in [3.05, 3.63) is 51.6 Å². The number of amides is 1. The Kier molecular flexibility index (Phi) is 4.51. The topological polar surface area (TPSA) is 102 Å². The van der Waals surface area contributed by atoms with E-state index in [-0.39, 0.29) is 17.9 Å². The number of hydrogen-bond donors (Lipinski definition) is 2. The van der Waals surface area contributed by atoms with Crippen LogP contribution in [0.5, 0.6) is 0 Å². The largest absolute Gasteiger partial charge is 0.361 e. The van der Waals surface area contributed by atoms with E-state index in [1.54, 1.807) is 32.0 Å². The fourth-order valence-electron chi connectivity index (χ4n) is 2.64. The van der Waals surface area contributed by atoms with Crippen molar-refractivity contribution in [2.24, 2.45) is 0 Å². The number of hydrogen-bond acceptors (Lipinski definition) is 6. The van der Waals surface area contributed by atoms with Crippen LogP contribution in [0.25, 0.3) is 10.9 Å². The molecule has 2 aromatic heterocycles. The molecule has 0 radical (unpaired) electrons. The fourth-order valence-corrected chi connectivity index (χ4v) is 2.64. The van der Waals surface area contributed by atoms with E-state index in [4.69, 9.17) is 4.52 Å². The van der Waals surface area contributed by atoms with Crippen molar-refractivity contribution in [1.29, 1.82) is 0 Å². The van der Waals surface area contributed by atoms with E-state index in [1.165, 1.54) is 4.57 Å². The van der Waals surface area contributed by atoms with Crippen LogP contribution < -0.4 is 16.4 Å². The predicted molar refractivity (Wildman–Crippen MR) is 93.1 cm³/mol. The smallest absolute Gasteiger partial charge is 0.262 e. The summed E-state index contributed by atoms with van der Waals surface area (Å²) in [5, 5.41) is 4.37. The third-order valence-electron chi connectivity index (χ3n) is 4.01. The Labute approximate surface area is 143 Å². The van der Waals surface area contributed by atoms with Crippen LogP contribution in [0.15, 0.2) is 33.6 Å². The second-order valence-corrected chi connectivity index (χ2v) is 5.65. The zero-order valence-corrected chi connectivity index (χ0v) is 14.3. The molecule has 0 unspecified atom stereocenters. The minimum atomic E-state index is -0.278. The van der Waals surface area contributed by atoms with Gasteiger partial charge < -0.3 is 4.52 Å². The van der Waals surface area contributed by atoms with Crippen LogP contribution in [0.1, 0.15) is 23.9 Å². The van der Waals surface area contributed by atoms with E-state index in [9.17, 15) is 9.59 Å². The van der Waals surface area contributed by atoms with Crippen molar-refractivity contribution in [2.75, 3.05) is 5.43 Å². The lowest BCUT2D eigenvalue weighted by molar-refractivity contribution is -0.120. The fraction of sp³-hybridized carbons (Fsp3) is 0.294. The minimum Gasteiger partial charge on any atom is -0.361 e. The Morgan fingerprint density at radius 2 is 2.04 bits per heavy atom. The molecule has 0 fully saturated rings. The van der Waals surface area contributed by atoms with Gasteiger partial charge in [-0.15, -0.1) is 0 Å². The van der Waals surface area contributed by atoms with Gasteiger partial charge in [-0.1, -0.05) is 17.3 Å². The second kappa shape index (κ2) is 6.76. The van der Waals surface area contributed by atoms with Crippen LogP contribution in [-0.4, -0.2) is 20.6 Å².